The highest BCUT2D eigenvalue weighted by atomic mass is 16.5. The Morgan fingerprint density at radius 3 is 3.14 bits per heavy atom. The van der Waals surface area contributed by atoms with Crippen LogP contribution in [0, 0.1) is 23.2 Å². The molecule has 0 unspecified atom stereocenters. The van der Waals surface area contributed by atoms with Crippen LogP contribution in [0.3, 0.4) is 0 Å². The first kappa shape index (κ1) is 15.5. The van der Waals surface area contributed by atoms with E-state index in [4.69, 9.17) is 10.00 Å². The second-order valence-electron chi connectivity index (χ2n) is 5.08. The fourth-order valence-corrected chi connectivity index (χ4v) is 2.58. The Balaban J connectivity index is 1.83. The molecular weight excluding hydrogens is 262 g/mol. The van der Waals surface area contributed by atoms with Crippen molar-refractivity contribution in [2.24, 2.45) is 0 Å². The van der Waals surface area contributed by atoms with Crippen molar-refractivity contribution in [1.29, 1.82) is 5.26 Å². The van der Waals surface area contributed by atoms with Crippen LogP contribution in [0.2, 0.25) is 0 Å². The van der Waals surface area contributed by atoms with E-state index in [9.17, 15) is 0 Å². The molecule has 1 fully saturated rings. The van der Waals surface area contributed by atoms with E-state index in [2.05, 4.69) is 27.8 Å². The lowest BCUT2D eigenvalue weighted by molar-refractivity contribution is 0.166. The van der Waals surface area contributed by atoms with Gasteiger partial charge in [-0.15, -0.1) is 0 Å². The Kier molecular flexibility index (Phi) is 6.74. The number of hydrogen-bond acceptors (Lipinski definition) is 4. The molecule has 0 aliphatic carbocycles. The maximum atomic E-state index is 8.40. The number of likely N-dealkylation sites (tertiary alicyclic amines) is 1. The topological polar surface area (TPSA) is 49.1 Å². The lowest BCUT2D eigenvalue weighted by Crippen LogP contribution is -2.33. The number of nitriles is 1. The fraction of sp³-hybridized carbons (Fsp3) is 0.529. The van der Waals surface area contributed by atoms with Gasteiger partial charge in [-0.25, -0.2) is 0 Å². The Bertz CT molecular complexity index is 512. The van der Waals surface area contributed by atoms with Crippen molar-refractivity contribution in [2.75, 3.05) is 26.3 Å². The Hall–Kier alpha value is -1.88. The van der Waals surface area contributed by atoms with Crippen molar-refractivity contribution >= 4 is 0 Å². The highest BCUT2D eigenvalue weighted by Crippen LogP contribution is 2.29. The molecule has 0 saturated carbocycles. The molecule has 0 radical (unpaired) electrons. The third-order valence-electron chi connectivity index (χ3n) is 3.62. The van der Waals surface area contributed by atoms with Gasteiger partial charge in [-0.2, -0.15) is 5.26 Å². The highest BCUT2D eigenvalue weighted by molar-refractivity contribution is 5.16. The van der Waals surface area contributed by atoms with Crippen LogP contribution in [-0.2, 0) is 4.74 Å². The lowest BCUT2D eigenvalue weighted by Gasteiger charge is -2.34. The number of nitrogens with zero attached hydrogens (tertiary/aromatic N) is 3. The molecule has 1 saturated heterocycles. The van der Waals surface area contributed by atoms with E-state index in [1.54, 1.807) is 0 Å². The van der Waals surface area contributed by atoms with Gasteiger partial charge in [-0.05, 0) is 31.0 Å². The zero-order valence-electron chi connectivity index (χ0n) is 12.3. The van der Waals surface area contributed by atoms with E-state index in [0.29, 0.717) is 25.7 Å². The van der Waals surface area contributed by atoms with Crippen molar-refractivity contribution < 1.29 is 4.74 Å². The Morgan fingerprint density at radius 1 is 1.38 bits per heavy atom. The van der Waals surface area contributed by atoms with Crippen molar-refractivity contribution in [3.05, 3.63) is 30.1 Å². The molecular formula is C17H21N3O. The monoisotopic (exact) mass is 283 g/mol. The zero-order chi connectivity index (χ0) is 14.8. The molecule has 0 N–H and O–H groups in total. The van der Waals surface area contributed by atoms with Gasteiger partial charge in [0, 0.05) is 18.4 Å². The molecule has 0 bridgehead atoms. The van der Waals surface area contributed by atoms with Crippen LogP contribution >= 0.6 is 0 Å². The fourth-order valence-electron chi connectivity index (χ4n) is 2.58. The van der Waals surface area contributed by atoms with Crippen LogP contribution in [0.25, 0.3) is 0 Å². The SMILES string of the molecule is N#CCCOCC#CCN1CCCC[C@@H]1c1cccnc1. The lowest BCUT2D eigenvalue weighted by atomic mass is 9.96. The highest BCUT2D eigenvalue weighted by Gasteiger charge is 2.22. The van der Waals surface area contributed by atoms with E-state index >= 15 is 0 Å². The van der Waals surface area contributed by atoms with Crippen molar-refractivity contribution in [2.45, 2.75) is 31.7 Å². The average Bonchev–Trinajstić information content (AvgIpc) is 2.55. The van der Waals surface area contributed by atoms with Gasteiger partial charge in [0.05, 0.1) is 25.6 Å². The summed E-state index contributed by atoms with van der Waals surface area (Å²) in [6.07, 6.45) is 7.87. The van der Waals surface area contributed by atoms with Crippen LogP contribution in [-0.4, -0.2) is 36.2 Å². The zero-order valence-corrected chi connectivity index (χ0v) is 12.3. The van der Waals surface area contributed by atoms with E-state index in [1.165, 1.54) is 24.8 Å². The third kappa shape index (κ3) is 5.19. The van der Waals surface area contributed by atoms with Gasteiger partial charge >= 0.3 is 0 Å². The molecule has 1 aromatic rings. The summed E-state index contributed by atoms with van der Waals surface area (Å²) >= 11 is 0. The van der Waals surface area contributed by atoms with Crippen LogP contribution in [0.5, 0.6) is 0 Å². The van der Waals surface area contributed by atoms with Crippen LogP contribution in [0.15, 0.2) is 24.5 Å². The molecule has 0 spiro atoms. The number of hydrogen-bond donors (Lipinski definition) is 0. The summed E-state index contributed by atoms with van der Waals surface area (Å²) in [5.74, 6) is 6.20. The van der Waals surface area contributed by atoms with Gasteiger partial charge in [0.25, 0.3) is 0 Å². The maximum Gasteiger partial charge on any atom is 0.107 e. The second-order valence-corrected chi connectivity index (χ2v) is 5.08. The predicted octanol–water partition coefficient (Wildman–Crippen LogP) is 2.54. The minimum absolute atomic E-state index is 0.410. The summed E-state index contributed by atoms with van der Waals surface area (Å²) in [7, 11) is 0. The second kappa shape index (κ2) is 9.13. The van der Waals surface area contributed by atoms with Crippen LogP contribution < -0.4 is 0 Å². The normalized spacial score (nSPS) is 18.5. The molecule has 4 heteroatoms. The number of piperidine rings is 1. The standard InChI is InChI=1S/C17H21N3O/c18-9-6-14-21-13-4-3-12-20-11-2-1-8-17(20)16-7-5-10-19-15-16/h5,7,10,15,17H,1-2,6,8,11-14H2/t17-/m1/s1. The summed E-state index contributed by atoms with van der Waals surface area (Å²) < 4.78 is 5.25. The summed E-state index contributed by atoms with van der Waals surface area (Å²) in [6, 6.07) is 6.62. The largest absolute Gasteiger partial charge is 0.368 e. The molecule has 110 valence electrons. The predicted molar refractivity (Wildman–Crippen MR) is 81.2 cm³/mol. The number of aromatic nitrogens is 1. The van der Waals surface area contributed by atoms with Gasteiger partial charge in [-0.3, -0.25) is 9.88 Å². The molecule has 1 aliphatic rings. The summed E-state index contributed by atoms with van der Waals surface area (Å²) in [5, 5.41) is 8.40. The van der Waals surface area contributed by atoms with Crippen molar-refractivity contribution in [1.82, 2.24) is 9.88 Å². The molecule has 0 aromatic carbocycles. The summed E-state index contributed by atoms with van der Waals surface area (Å²) in [5.41, 5.74) is 1.28. The minimum atomic E-state index is 0.410. The van der Waals surface area contributed by atoms with Gasteiger partial charge in [0.15, 0.2) is 0 Å². The first-order valence-electron chi connectivity index (χ1n) is 7.46. The number of pyridine rings is 1. The molecule has 21 heavy (non-hydrogen) atoms. The van der Waals surface area contributed by atoms with E-state index in [0.717, 1.165) is 13.1 Å². The number of rotatable bonds is 5. The number of ether oxygens (including phenoxy) is 1. The quantitative estimate of drug-likeness (QED) is 0.615. The Labute approximate surface area is 126 Å². The first-order valence-corrected chi connectivity index (χ1v) is 7.46. The van der Waals surface area contributed by atoms with Gasteiger partial charge in [0.2, 0.25) is 0 Å². The van der Waals surface area contributed by atoms with Crippen LogP contribution in [0.1, 0.15) is 37.3 Å². The smallest absolute Gasteiger partial charge is 0.107 e. The summed E-state index contributed by atoms with van der Waals surface area (Å²) in [4.78, 5) is 6.64. The van der Waals surface area contributed by atoms with Gasteiger partial charge in [0.1, 0.15) is 6.61 Å². The molecule has 1 aliphatic heterocycles. The molecule has 0 amide bonds. The van der Waals surface area contributed by atoms with Gasteiger partial charge < -0.3 is 4.74 Å². The van der Waals surface area contributed by atoms with E-state index < -0.39 is 0 Å². The van der Waals surface area contributed by atoms with E-state index in [1.807, 2.05) is 24.5 Å². The molecule has 2 heterocycles. The molecule has 2 rings (SSSR count). The first-order chi connectivity index (χ1) is 10.4. The third-order valence-corrected chi connectivity index (χ3v) is 3.62. The minimum Gasteiger partial charge on any atom is -0.368 e. The van der Waals surface area contributed by atoms with Crippen LogP contribution in [0.4, 0.5) is 0 Å². The van der Waals surface area contributed by atoms with Crippen molar-refractivity contribution in [3.63, 3.8) is 0 Å². The van der Waals surface area contributed by atoms with E-state index in [-0.39, 0.29) is 0 Å². The molecule has 1 aromatic heterocycles. The summed E-state index contributed by atoms with van der Waals surface area (Å²) in [6.45, 7) is 2.73. The maximum absolute atomic E-state index is 8.40. The molecule has 4 nitrogen and oxygen atoms in total. The van der Waals surface area contributed by atoms with Gasteiger partial charge in [-0.1, -0.05) is 24.3 Å². The average molecular weight is 283 g/mol. The molecule has 1 atom stereocenters. The van der Waals surface area contributed by atoms with Crippen molar-refractivity contribution in [3.8, 4) is 17.9 Å². The Morgan fingerprint density at radius 2 is 2.33 bits per heavy atom.